The van der Waals surface area contributed by atoms with Crippen molar-refractivity contribution in [3.8, 4) is 0 Å². The molecule has 0 heterocycles. The summed E-state index contributed by atoms with van der Waals surface area (Å²) in [5.74, 6) is 0. The van der Waals surface area contributed by atoms with Crippen LogP contribution in [0.4, 0.5) is 0 Å². The third kappa shape index (κ3) is 32.4. The van der Waals surface area contributed by atoms with Crippen LogP contribution in [0, 0.1) is 0 Å². The van der Waals surface area contributed by atoms with Gasteiger partial charge in [-0.05, 0) is 12.8 Å². The average molecular weight is 538 g/mol. The highest BCUT2D eigenvalue weighted by Crippen LogP contribution is 2.35. The molecule has 4 nitrogen and oxygen atoms in total. The van der Waals surface area contributed by atoms with Gasteiger partial charge in [0.2, 0.25) is 0 Å². The van der Waals surface area contributed by atoms with Gasteiger partial charge in [0.1, 0.15) is 4.32 Å². The van der Waals surface area contributed by atoms with E-state index < -0.39 is 7.60 Å². The van der Waals surface area contributed by atoms with E-state index in [1.54, 1.807) is 0 Å². The van der Waals surface area contributed by atoms with E-state index in [1.165, 1.54) is 135 Å². The molecule has 0 fully saturated rings. The molecule has 3 N–H and O–H groups in total. The van der Waals surface area contributed by atoms with Crippen molar-refractivity contribution in [2.24, 2.45) is 0 Å². The highest BCUT2D eigenvalue weighted by atomic mass is 32.1. The molecular formula is C27H56NO3PS2. The summed E-state index contributed by atoms with van der Waals surface area (Å²) in [5, 5.41) is 3.10. The third-order valence-electron chi connectivity index (χ3n) is 6.65. The second-order valence-electron chi connectivity index (χ2n) is 10.1. The molecule has 0 amide bonds. The van der Waals surface area contributed by atoms with E-state index in [1.807, 2.05) is 0 Å². The zero-order valence-corrected chi connectivity index (χ0v) is 24.6. The Labute approximate surface area is 222 Å². The fourth-order valence-corrected chi connectivity index (χ4v) is 5.38. The van der Waals surface area contributed by atoms with Gasteiger partial charge in [0.15, 0.2) is 0 Å². The zero-order chi connectivity index (χ0) is 25.2. The van der Waals surface area contributed by atoms with Crippen molar-refractivity contribution < 1.29 is 14.4 Å². The lowest BCUT2D eigenvalue weighted by Gasteiger charge is -2.05. The maximum atomic E-state index is 10.8. The Hall–Kier alpha value is 0.390. The van der Waals surface area contributed by atoms with E-state index in [2.05, 4.69) is 17.9 Å². The Morgan fingerprint density at radius 2 is 0.765 bits per heavy atom. The molecule has 204 valence electrons. The van der Waals surface area contributed by atoms with Gasteiger partial charge in [-0.25, -0.2) is 0 Å². The smallest absolute Gasteiger partial charge is 0.325 e. The second-order valence-corrected chi connectivity index (χ2v) is 13.0. The van der Waals surface area contributed by atoms with Gasteiger partial charge in [-0.2, -0.15) is 0 Å². The number of thiol groups is 1. The molecule has 34 heavy (non-hydrogen) atoms. The first-order valence-electron chi connectivity index (χ1n) is 14.4. The van der Waals surface area contributed by atoms with E-state index in [9.17, 15) is 4.57 Å². The van der Waals surface area contributed by atoms with Gasteiger partial charge in [0.25, 0.3) is 0 Å². The van der Waals surface area contributed by atoms with Gasteiger partial charge in [-0.1, -0.05) is 153 Å². The Bertz CT molecular complexity index is 488. The Morgan fingerprint density at radius 1 is 0.529 bits per heavy atom. The summed E-state index contributed by atoms with van der Waals surface area (Å²) >= 11 is 8.95. The van der Waals surface area contributed by atoms with Crippen molar-refractivity contribution in [3.05, 3.63) is 0 Å². The summed E-state index contributed by atoms with van der Waals surface area (Å²) in [6, 6.07) is 0. The van der Waals surface area contributed by atoms with Crippen molar-refractivity contribution >= 4 is 36.8 Å². The van der Waals surface area contributed by atoms with Gasteiger partial charge in [-0.3, -0.25) is 4.57 Å². The van der Waals surface area contributed by atoms with Crippen LogP contribution in [-0.2, 0) is 4.57 Å². The summed E-state index contributed by atoms with van der Waals surface area (Å²) < 4.78 is 11.4. The van der Waals surface area contributed by atoms with Crippen LogP contribution in [0.2, 0.25) is 0 Å². The lowest BCUT2D eigenvalue weighted by atomic mass is 10.0. The third-order valence-corrected chi connectivity index (χ3v) is 7.85. The first-order valence-corrected chi connectivity index (χ1v) is 17.1. The van der Waals surface area contributed by atoms with Gasteiger partial charge in [0.05, 0.1) is 0 Å². The van der Waals surface area contributed by atoms with Crippen molar-refractivity contribution in [1.29, 1.82) is 0 Å². The molecule has 0 rings (SSSR count). The topological polar surface area (TPSA) is 69.6 Å². The van der Waals surface area contributed by atoms with Crippen molar-refractivity contribution in [1.82, 2.24) is 5.32 Å². The number of hydrogen-bond acceptors (Lipinski definition) is 2. The fourth-order valence-electron chi connectivity index (χ4n) is 4.53. The molecule has 0 radical (unpaired) electrons. The van der Waals surface area contributed by atoms with Crippen molar-refractivity contribution in [2.45, 2.75) is 154 Å². The minimum atomic E-state index is -3.77. The predicted molar refractivity (Wildman–Crippen MR) is 157 cm³/mol. The molecule has 0 spiro atoms. The van der Waals surface area contributed by atoms with Gasteiger partial charge < -0.3 is 15.1 Å². The molecule has 0 aliphatic carbocycles. The molecule has 0 aliphatic rings. The van der Waals surface area contributed by atoms with Gasteiger partial charge >= 0.3 is 7.60 Å². The normalized spacial score (nSPS) is 11.7. The van der Waals surface area contributed by atoms with Crippen LogP contribution in [0.5, 0.6) is 0 Å². The molecule has 0 aromatic rings. The average Bonchev–Trinajstić information content (AvgIpc) is 2.77. The van der Waals surface area contributed by atoms with Crippen molar-refractivity contribution in [2.75, 3.05) is 12.7 Å². The zero-order valence-electron chi connectivity index (χ0n) is 22.0. The number of thiocarbonyl (C=S) groups is 1. The number of unbranched alkanes of at least 4 members (excludes halogenated alkanes) is 23. The Morgan fingerprint density at radius 3 is 1.00 bits per heavy atom. The fraction of sp³-hybridized carbons (Fsp3) is 0.963. The standard InChI is InChI=1S/C27H56NO3PS2/c29-32(30,31)26-24-22-20-18-16-14-12-10-8-6-4-2-1-3-5-7-9-11-13-15-17-19-21-23-25-28-27(33)34/h1-26H2,(H2,28,33,34)(H2,29,30,31). The van der Waals surface area contributed by atoms with E-state index in [0.717, 1.165) is 19.4 Å². The molecular weight excluding hydrogens is 481 g/mol. The molecule has 0 aliphatic heterocycles. The maximum absolute atomic E-state index is 10.8. The molecule has 0 aromatic carbocycles. The van der Waals surface area contributed by atoms with Crippen LogP contribution >= 0.6 is 32.4 Å². The van der Waals surface area contributed by atoms with E-state index in [4.69, 9.17) is 22.0 Å². The highest BCUT2D eigenvalue weighted by Gasteiger charge is 2.10. The molecule has 0 saturated carbocycles. The van der Waals surface area contributed by atoms with Crippen LogP contribution in [0.15, 0.2) is 0 Å². The minimum Gasteiger partial charge on any atom is -0.371 e. The number of hydrogen-bond donors (Lipinski definition) is 4. The van der Waals surface area contributed by atoms with Crippen LogP contribution in [0.25, 0.3) is 0 Å². The monoisotopic (exact) mass is 537 g/mol. The summed E-state index contributed by atoms with van der Waals surface area (Å²) in [6.07, 6.45) is 31.6. The maximum Gasteiger partial charge on any atom is 0.325 e. The molecule has 0 aromatic heterocycles. The predicted octanol–water partition coefficient (Wildman–Crippen LogP) is 9.33. The molecule has 0 saturated heterocycles. The molecule has 0 unspecified atom stereocenters. The van der Waals surface area contributed by atoms with Crippen molar-refractivity contribution in [3.63, 3.8) is 0 Å². The largest absolute Gasteiger partial charge is 0.371 e. The molecule has 0 bridgehead atoms. The summed E-state index contributed by atoms with van der Waals surface area (Å²) in [7, 11) is -3.77. The number of rotatable bonds is 27. The van der Waals surface area contributed by atoms with Gasteiger partial charge in [0, 0.05) is 12.7 Å². The SMILES string of the molecule is O=P(O)(O)CCCCCCCCCCCCCCCCCCCCCCCCCCNC(=S)S. The summed E-state index contributed by atoms with van der Waals surface area (Å²) in [5.41, 5.74) is 0. The molecule has 7 heteroatoms. The lowest BCUT2D eigenvalue weighted by molar-refractivity contribution is 0.370. The van der Waals surface area contributed by atoms with Crippen LogP contribution in [0.1, 0.15) is 154 Å². The first kappa shape index (κ1) is 34.4. The number of nitrogens with one attached hydrogen (secondary N) is 1. The highest BCUT2D eigenvalue weighted by molar-refractivity contribution is 8.11. The molecule has 0 atom stereocenters. The summed E-state index contributed by atoms with van der Waals surface area (Å²) in [4.78, 5) is 17.6. The minimum absolute atomic E-state index is 0.0563. The Kier molecular flexibility index (Phi) is 26.8. The van der Waals surface area contributed by atoms with E-state index >= 15 is 0 Å². The second kappa shape index (κ2) is 26.5. The first-order chi connectivity index (χ1) is 16.4. The van der Waals surface area contributed by atoms with Crippen LogP contribution in [-0.4, -0.2) is 26.8 Å². The van der Waals surface area contributed by atoms with E-state index in [0.29, 0.717) is 10.7 Å². The quantitative estimate of drug-likeness (QED) is 0.0364. The van der Waals surface area contributed by atoms with Gasteiger partial charge in [-0.15, -0.1) is 12.6 Å². The van der Waals surface area contributed by atoms with Crippen LogP contribution in [0.3, 0.4) is 0 Å². The van der Waals surface area contributed by atoms with Crippen LogP contribution < -0.4 is 5.32 Å². The lowest BCUT2D eigenvalue weighted by Crippen LogP contribution is -2.17. The van der Waals surface area contributed by atoms with E-state index in [-0.39, 0.29) is 6.16 Å². The Balaban J connectivity index is 3.05. The summed E-state index contributed by atoms with van der Waals surface area (Å²) in [6.45, 7) is 0.971.